The van der Waals surface area contributed by atoms with Crippen LogP contribution in [0.3, 0.4) is 0 Å². The van der Waals surface area contributed by atoms with Crippen LogP contribution in [0.5, 0.6) is 0 Å². The van der Waals surface area contributed by atoms with E-state index in [1.807, 2.05) is 73.7 Å². The van der Waals surface area contributed by atoms with Crippen LogP contribution in [0.25, 0.3) is 22.4 Å². The number of hydrogen-bond acceptors (Lipinski definition) is 7. The number of benzene rings is 2. The molecule has 0 fully saturated rings. The number of aryl methyl sites for hydroxylation is 1. The zero-order valence-electron chi connectivity index (χ0n) is 20.4. The van der Waals surface area contributed by atoms with Gasteiger partial charge in [-0.3, -0.25) is 19.8 Å². The summed E-state index contributed by atoms with van der Waals surface area (Å²) in [5.41, 5.74) is 11.0. The van der Waals surface area contributed by atoms with E-state index in [4.69, 9.17) is 4.98 Å². The second-order valence-corrected chi connectivity index (χ2v) is 8.50. The van der Waals surface area contributed by atoms with Crippen LogP contribution in [0.2, 0.25) is 0 Å². The van der Waals surface area contributed by atoms with Crippen LogP contribution in [0.15, 0.2) is 83.9 Å². The van der Waals surface area contributed by atoms with Crippen LogP contribution < -0.4 is 21.7 Å². The first-order chi connectivity index (χ1) is 17.6. The quantitative estimate of drug-likeness (QED) is 0.170. The van der Waals surface area contributed by atoms with E-state index in [9.17, 15) is 9.59 Å². The summed E-state index contributed by atoms with van der Waals surface area (Å²) in [6.07, 6.45) is 4.90. The Morgan fingerprint density at radius 1 is 1.00 bits per heavy atom. The van der Waals surface area contributed by atoms with Gasteiger partial charge in [-0.15, -0.1) is 0 Å². The highest BCUT2D eigenvalue weighted by Crippen LogP contribution is 2.29. The van der Waals surface area contributed by atoms with E-state index in [1.54, 1.807) is 24.0 Å². The molecule has 8 nitrogen and oxygen atoms in total. The van der Waals surface area contributed by atoms with E-state index in [-0.39, 0.29) is 18.1 Å². The van der Waals surface area contributed by atoms with Gasteiger partial charge in [0.2, 0.25) is 5.95 Å². The highest BCUT2D eigenvalue weighted by atomic mass is 16.1. The molecule has 2 aromatic heterocycles. The Labute approximate surface area is 210 Å². The van der Waals surface area contributed by atoms with Gasteiger partial charge in [0.1, 0.15) is 6.29 Å². The van der Waals surface area contributed by atoms with Crippen molar-refractivity contribution in [2.24, 2.45) is 7.05 Å². The van der Waals surface area contributed by atoms with Crippen molar-refractivity contribution in [2.75, 3.05) is 18.4 Å². The summed E-state index contributed by atoms with van der Waals surface area (Å²) in [6, 6.07) is 21.6. The van der Waals surface area contributed by atoms with E-state index in [2.05, 4.69) is 21.2 Å². The van der Waals surface area contributed by atoms with E-state index in [0.717, 1.165) is 28.5 Å². The summed E-state index contributed by atoms with van der Waals surface area (Å²) in [7, 11) is 1.73. The van der Waals surface area contributed by atoms with Gasteiger partial charge in [-0.25, -0.2) is 10.4 Å². The number of hydrogen-bond donors (Lipinski definition) is 3. The van der Waals surface area contributed by atoms with Crippen molar-refractivity contribution in [3.8, 4) is 22.4 Å². The third kappa shape index (κ3) is 5.91. The number of aldehydes is 1. The molecular weight excluding hydrogens is 452 g/mol. The summed E-state index contributed by atoms with van der Waals surface area (Å²) >= 11 is 0. The lowest BCUT2D eigenvalue weighted by atomic mass is 9.99. The molecule has 0 bridgehead atoms. The maximum atomic E-state index is 13.6. The Hall–Kier alpha value is -4.14. The molecule has 2 heterocycles. The fourth-order valence-corrected chi connectivity index (χ4v) is 4.10. The Balaban J connectivity index is 1.64. The predicted octanol–water partition coefficient (Wildman–Crippen LogP) is 3.65. The van der Waals surface area contributed by atoms with Crippen LogP contribution in [0.1, 0.15) is 23.6 Å². The molecule has 0 aliphatic heterocycles. The normalized spacial score (nSPS) is 11.7. The van der Waals surface area contributed by atoms with Crippen molar-refractivity contribution in [3.63, 3.8) is 0 Å². The minimum Gasteiger partial charge on any atom is -0.355 e. The first kappa shape index (κ1) is 25.0. The number of nitrogens with one attached hydrogen (secondary N) is 3. The Morgan fingerprint density at radius 2 is 1.78 bits per heavy atom. The predicted molar refractivity (Wildman–Crippen MR) is 142 cm³/mol. The SMILES string of the molecule is Cc1cccc(-c2c(-c3ccncc3)nc(NCC[C@H](NNCC=O)c3ccccc3)n(C)c2=O)c1. The largest absolute Gasteiger partial charge is 0.355 e. The number of hydrazine groups is 1. The van der Waals surface area contributed by atoms with Crippen LogP contribution in [-0.2, 0) is 11.8 Å². The average molecular weight is 483 g/mol. The minimum atomic E-state index is -0.129. The molecule has 0 radical (unpaired) electrons. The summed E-state index contributed by atoms with van der Waals surface area (Å²) in [6.45, 7) is 2.77. The number of carbonyl (C=O) groups excluding carboxylic acids is 1. The van der Waals surface area contributed by atoms with Crippen molar-refractivity contribution in [1.29, 1.82) is 0 Å². The molecular formula is C28H30N6O2. The van der Waals surface area contributed by atoms with Crippen LogP contribution in [0, 0.1) is 6.92 Å². The molecule has 4 rings (SSSR count). The standard InChI is InChI=1S/C28H30N6O2/c1-20-7-6-10-23(19-20)25-26(22-11-14-29-15-12-22)32-28(34(2)27(25)36)30-16-13-24(33-31-17-18-35)21-8-4-3-5-9-21/h3-12,14-15,18-19,24,31,33H,13,16-17H2,1-2H3,(H,30,32)/t24-/m0/s1. The van der Waals surface area contributed by atoms with Gasteiger partial charge in [-0.05, 0) is 36.6 Å². The maximum absolute atomic E-state index is 13.6. The highest BCUT2D eigenvalue weighted by Gasteiger charge is 2.19. The lowest BCUT2D eigenvalue weighted by Gasteiger charge is -2.21. The first-order valence-corrected chi connectivity index (χ1v) is 11.9. The maximum Gasteiger partial charge on any atom is 0.263 e. The van der Waals surface area contributed by atoms with Crippen LogP contribution in [0.4, 0.5) is 5.95 Å². The molecule has 8 heteroatoms. The number of rotatable bonds is 11. The number of carbonyl (C=O) groups is 1. The third-order valence-electron chi connectivity index (χ3n) is 5.93. The van der Waals surface area contributed by atoms with Crippen LogP contribution in [-0.4, -0.2) is 33.9 Å². The van der Waals surface area contributed by atoms with E-state index in [0.29, 0.717) is 30.2 Å². The smallest absolute Gasteiger partial charge is 0.263 e. The van der Waals surface area contributed by atoms with E-state index < -0.39 is 0 Å². The summed E-state index contributed by atoms with van der Waals surface area (Å²) in [5, 5.41) is 3.34. The second kappa shape index (κ2) is 12.0. The minimum absolute atomic E-state index is 0.0399. The molecule has 0 spiro atoms. The van der Waals surface area contributed by atoms with Gasteiger partial charge >= 0.3 is 0 Å². The van der Waals surface area contributed by atoms with Gasteiger partial charge in [-0.1, -0.05) is 60.2 Å². The monoisotopic (exact) mass is 482 g/mol. The molecule has 2 aromatic carbocycles. The van der Waals surface area contributed by atoms with Crippen molar-refractivity contribution in [1.82, 2.24) is 25.4 Å². The second-order valence-electron chi connectivity index (χ2n) is 8.50. The fraction of sp³-hybridized carbons (Fsp3) is 0.214. The van der Waals surface area contributed by atoms with Gasteiger partial charge < -0.3 is 10.1 Å². The molecule has 0 saturated carbocycles. The van der Waals surface area contributed by atoms with Crippen LogP contribution >= 0.6 is 0 Å². The highest BCUT2D eigenvalue weighted by molar-refractivity contribution is 5.81. The van der Waals surface area contributed by atoms with Crippen molar-refractivity contribution in [2.45, 2.75) is 19.4 Å². The Morgan fingerprint density at radius 3 is 2.50 bits per heavy atom. The van der Waals surface area contributed by atoms with Gasteiger partial charge in [0.25, 0.3) is 5.56 Å². The summed E-state index contributed by atoms with van der Waals surface area (Å²) in [5.74, 6) is 0.482. The average Bonchev–Trinajstić information content (AvgIpc) is 2.91. The molecule has 0 aliphatic carbocycles. The van der Waals surface area contributed by atoms with Gasteiger partial charge in [0.05, 0.1) is 17.8 Å². The number of anilines is 1. The van der Waals surface area contributed by atoms with E-state index in [1.165, 1.54) is 0 Å². The van der Waals surface area contributed by atoms with Crippen molar-refractivity contribution < 1.29 is 4.79 Å². The topological polar surface area (TPSA) is 101 Å². The molecule has 0 saturated heterocycles. The molecule has 0 amide bonds. The number of nitrogens with zero attached hydrogens (tertiary/aromatic N) is 3. The lowest BCUT2D eigenvalue weighted by Crippen LogP contribution is -2.37. The van der Waals surface area contributed by atoms with Crippen molar-refractivity contribution >= 4 is 12.2 Å². The lowest BCUT2D eigenvalue weighted by molar-refractivity contribution is -0.107. The molecule has 3 N–H and O–H groups in total. The van der Waals surface area contributed by atoms with Gasteiger partial charge in [0.15, 0.2) is 0 Å². The van der Waals surface area contributed by atoms with Gasteiger partial charge in [0, 0.05) is 37.6 Å². The zero-order valence-corrected chi connectivity index (χ0v) is 20.4. The first-order valence-electron chi connectivity index (χ1n) is 11.9. The van der Waals surface area contributed by atoms with E-state index >= 15 is 0 Å². The van der Waals surface area contributed by atoms with Crippen molar-refractivity contribution in [3.05, 3.63) is 101 Å². The fourth-order valence-electron chi connectivity index (χ4n) is 4.10. The molecule has 0 aliphatic rings. The number of pyridine rings is 1. The molecule has 36 heavy (non-hydrogen) atoms. The third-order valence-corrected chi connectivity index (χ3v) is 5.93. The summed E-state index contributed by atoms with van der Waals surface area (Å²) in [4.78, 5) is 33.3. The molecule has 0 unspecified atom stereocenters. The zero-order chi connectivity index (χ0) is 25.3. The van der Waals surface area contributed by atoms with Gasteiger partial charge in [-0.2, -0.15) is 0 Å². The number of aromatic nitrogens is 3. The Bertz CT molecular complexity index is 1360. The summed E-state index contributed by atoms with van der Waals surface area (Å²) < 4.78 is 1.55. The molecule has 1 atom stereocenters. The molecule has 184 valence electrons. The Kier molecular flexibility index (Phi) is 8.33. The molecule has 4 aromatic rings.